The second-order valence-corrected chi connectivity index (χ2v) is 16.9. The molecular formula is C44H62O27. The molecule has 20 atom stereocenters. The molecule has 0 aromatic carbocycles. The van der Waals surface area contributed by atoms with Crippen LogP contribution < -0.4 is 0 Å². The van der Waals surface area contributed by atoms with E-state index in [1.807, 2.05) is 0 Å². The molecule has 0 aromatic rings. The molecule has 0 N–H and O–H groups in total. The largest absolute Gasteiger partial charge is 0.457 e. The van der Waals surface area contributed by atoms with Crippen molar-refractivity contribution in [1.82, 2.24) is 0 Å². The third kappa shape index (κ3) is 15.7. The summed E-state index contributed by atoms with van der Waals surface area (Å²) in [6, 6.07) is 0. The number of rotatable bonds is 16. The molecule has 0 radical (unpaired) electrons. The van der Waals surface area contributed by atoms with Gasteiger partial charge >= 0.3 is 59.7 Å². The molecule has 4 fully saturated rings. The zero-order valence-electron chi connectivity index (χ0n) is 41.6. The first-order valence-electron chi connectivity index (χ1n) is 22.4. The molecular weight excluding hydrogens is 960 g/mol. The lowest BCUT2D eigenvalue weighted by atomic mass is 9.95. The standard InChI is InChI=1S/C44H62O27/c1-15-31(61-21(7)47)35(65-25(11)51)39(41(55-15)68-28(14)54)70-44-40(71-43-38(67-27(13)53)34(64-24(10)50)30(17(3)57-43)60-20(6)46)36(32(18(4)58-44)62-22(8)48)69-42-37(66-26(12)52)33(63-23(9)49)29(16(2)56-42)59-19(5)45/h15-18,29-44H,1-14H3/t15-,16-,17+,18-,29-,30+,31-,32-,33+,34-,35+,36+,37-,38-,39-,40-,41-,42+,43+,44+/m1/s1. The Bertz CT molecular complexity index is 1970. The van der Waals surface area contributed by atoms with Gasteiger partial charge in [-0.15, -0.1) is 0 Å². The van der Waals surface area contributed by atoms with Gasteiger partial charge in [0.1, 0.15) is 12.2 Å². The molecule has 27 nitrogen and oxygen atoms in total. The summed E-state index contributed by atoms with van der Waals surface area (Å²) in [6.45, 7) is 16.0. The lowest BCUT2D eigenvalue weighted by molar-refractivity contribution is -0.403. The zero-order valence-corrected chi connectivity index (χ0v) is 41.6. The predicted molar refractivity (Wildman–Crippen MR) is 224 cm³/mol. The van der Waals surface area contributed by atoms with Crippen molar-refractivity contribution >= 4 is 59.7 Å². The van der Waals surface area contributed by atoms with Crippen molar-refractivity contribution in [2.45, 2.75) is 220 Å². The van der Waals surface area contributed by atoms with Crippen molar-refractivity contribution in [2.75, 3.05) is 0 Å². The average molecular weight is 1020 g/mol. The van der Waals surface area contributed by atoms with Crippen LogP contribution in [0.4, 0.5) is 0 Å². The van der Waals surface area contributed by atoms with Gasteiger partial charge in [-0.3, -0.25) is 47.9 Å². The van der Waals surface area contributed by atoms with Crippen molar-refractivity contribution in [1.29, 1.82) is 0 Å². The molecule has 4 saturated heterocycles. The molecule has 0 spiro atoms. The third-order valence-electron chi connectivity index (χ3n) is 10.8. The van der Waals surface area contributed by atoms with Gasteiger partial charge in [0, 0.05) is 69.2 Å². The Morgan fingerprint density at radius 2 is 0.408 bits per heavy atom. The van der Waals surface area contributed by atoms with Crippen molar-refractivity contribution < 1.29 is 128 Å². The van der Waals surface area contributed by atoms with Crippen LogP contribution in [0.1, 0.15) is 96.9 Å². The smallest absolute Gasteiger partial charge is 0.305 e. The predicted octanol–water partition coefficient (Wildman–Crippen LogP) is 0.0696. The molecule has 0 amide bonds. The van der Waals surface area contributed by atoms with Crippen molar-refractivity contribution in [3.8, 4) is 0 Å². The summed E-state index contributed by atoms with van der Waals surface area (Å²) < 4.78 is 100. The Labute approximate surface area is 407 Å². The lowest BCUT2D eigenvalue weighted by Gasteiger charge is -2.51. The Hall–Kier alpha value is -5.58. The van der Waals surface area contributed by atoms with Crippen LogP contribution in [-0.4, -0.2) is 183 Å². The van der Waals surface area contributed by atoms with Gasteiger partial charge in [-0.25, -0.2) is 0 Å². The van der Waals surface area contributed by atoms with Gasteiger partial charge in [0.15, 0.2) is 79.9 Å². The minimum atomic E-state index is -1.99. The summed E-state index contributed by atoms with van der Waals surface area (Å²) in [5, 5.41) is 0. The zero-order chi connectivity index (χ0) is 53.3. The van der Waals surface area contributed by atoms with Crippen LogP contribution in [0.25, 0.3) is 0 Å². The first-order valence-corrected chi connectivity index (χ1v) is 22.4. The van der Waals surface area contributed by atoms with Gasteiger partial charge in [-0.05, 0) is 27.7 Å². The summed E-state index contributed by atoms with van der Waals surface area (Å²) in [5.41, 5.74) is 0. The summed E-state index contributed by atoms with van der Waals surface area (Å²) in [5.74, 6) is -9.13. The third-order valence-corrected chi connectivity index (χ3v) is 10.8. The first-order chi connectivity index (χ1) is 33.1. The van der Waals surface area contributed by atoms with Crippen LogP contribution in [0.3, 0.4) is 0 Å². The number of esters is 10. The lowest BCUT2D eigenvalue weighted by Crippen LogP contribution is -2.69. The van der Waals surface area contributed by atoms with Crippen LogP contribution in [0.2, 0.25) is 0 Å². The minimum Gasteiger partial charge on any atom is -0.457 e. The van der Waals surface area contributed by atoms with E-state index in [0.29, 0.717) is 0 Å². The Morgan fingerprint density at radius 3 is 0.690 bits per heavy atom. The van der Waals surface area contributed by atoms with Gasteiger partial charge in [-0.1, -0.05) is 0 Å². The average Bonchev–Trinajstić information content (AvgIpc) is 3.21. The van der Waals surface area contributed by atoms with E-state index in [-0.39, 0.29) is 0 Å². The summed E-state index contributed by atoms with van der Waals surface area (Å²) >= 11 is 0. The summed E-state index contributed by atoms with van der Waals surface area (Å²) in [6.07, 6.45) is -32.6. The highest BCUT2D eigenvalue weighted by Gasteiger charge is 2.60. The van der Waals surface area contributed by atoms with Crippen molar-refractivity contribution in [2.24, 2.45) is 0 Å². The van der Waals surface area contributed by atoms with Gasteiger partial charge in [-0.2, -0.15) is 0 Å². The quantitative estimate of drug-likeness (QED) is 0.146. The van der Waals surface area contributed by atoms with Crippen molar-refractivity contribution in [3.63, 3.8) is 0 Å². The van der Waals surface area contributed by atoms with Crippen LogP contribution in [0, 0.1) is 0 Å². The van der Waals surface area contributed by atoms with E-state index in [1.54, 1.807) is 0 Å². The Kier molecular flexibility index (Phi) is 20.6. The molecule has 0 aliphatic carbocycles. The van der Waals surface area contributed by atoms with E-state index >= 15 is 0 Å². The fraction of sp³-hybridized carbons (Fsp3) is 0.773. The molecule has 400 valence electrons. The van der Waals surface area contributed by atoms with E-state index in [4.69, 9.17) is 80.5 Å². The second kappa shape index (κ2) is 25.2. The highest BCUT2D eigenvalue weighted by molar-refractivity contribution is 5.70. The van der Waals surface area contributed by atoms with E-state index < -0.39 is 183 Å². The molecule has 0 aromatic heterocycles. The van der Waals surface area contributed by atoms with E-state index in [1.165, 1.54) is 27.7 Å². The molecule has 27 heteroatoms. The molecule has 4 heterocycles. The minimum absolute atomic E-state index is 0.839. The van der Waals surface area contributed by atoms with Crippen molar-refractivity contribution in [3.05, 3.63) is 0 Å². The molecule has 0 bridgehead atoms. The first kappa shape index (κ1) is 58.0. The highest BCUT2D eigenvalue weighted by atomic mass is 16.8. The maximum absolute atomic E-state index is 13.0. The van der Waals surface area contributed by atoms with Gasteiger partial charge in [0.2, 0.25) is 6.29 Å². The fourth-order valence-electron chi connectivity index (χ4n) is 8.41. The Balaban J connectivity index is 2.03. The molecule has 4 aliphatic rings. The number of carbonyl (C=O) groups is 10. The maximum Gasteiger partial charge on any atom is 0.305 e. The van der Waals surface area contributed by atoms with Crippen LogP contribution in [-0.2, 0) is 128 Å². The monoisotopic (exact) mass is 1020 g/mol. The number of hydrogen-bond acceptors (Lipinski definition) is 27. The van der Waals surface area contributed by atoms with E-state index in [2.05, 4.69) is 0 Å². The van der Waals surface area contributed by atoms with Gasteiger partial charge < -0.3 is 80.5 Å². The SMILES string of the molecule is CC(=O)O[C@H]1O[C@H](C)[C@@H](OC(C)=O)[C@H](OC(C)=O)[C@H]1O[C@@H]1O[C@H](C)[C@@H](OC(C)=O)[C@H](O[C@@H]2O[C@H](C)[C@@H](OC(C)=O)[C@H](OC(C)=O)[C@H]2OC(C)=O)[C@H]1O[C@@H]1O[C@@H](C)[C@H](OC(C)=O)[C@@H](OC(C)=O)[C@H]1OC(C)=O. The van der Waals surface area contributed by atoms with Crippen LogP contribution in [0.15, 0.2) is 0 Å². The molecule has 4 rings (SSSR count). The normalized spacial score (nSPS) is 36.8. The number of ether oxygens (including phenoxy) is 17. The summed E-state index contributed by atoms with van der Waals surface area (Å²) in [7, 11) is 0. The highest BCUT2D eigenvalue weighted by Crippen LogP contribution is 2.40. The number of hydrogen-bond donors (Lipinski definition) is 0. The second-order valence-electron chi connectivity index (χ2n) is 16.9. The van der Waals surface area contributed by atoms with E-state index in [9.17, 15) is 47.9 Å². The summed E-state index contributed by atoms with van der Waals surface area (Å²) in [4.78, 5) is 126. The molecule has 4 aliphatic heterocycles. The van der Waals surface area contributed by atoms with Crippen LogP contribution in [0.5, 0.6) is 0 Å². The molecule has 0 unspecified atom stereocenters. The molecule has 0 saturated carbocycles. The maximum atomic E-state index is 13.0. The van der Waals surface area contributed by atoms with E-state index in [0.717, 1.165) is 69.2 Å². The number of carbonyl (C=O) groups excluding carboxylic acids is 10. The van der Waals surface area contributed by atoms with Gasteiger partial charge in [0.05, 0.1) is 24.4 Å². The Morgan fingerprint density at radius 1 is 0.225 bits per heavy atom. The fourth-order valence-corrected chi connectivity index (χ4v) is 8.41. The molecule has 71 heavy (non-hydrogen) atoms. The topological polar surface area (TPSA) is 328 Å². The van der Waals surface area contributed by atoms with Gasteiger partial charge in [0.25, 0.3) is 0 Å². The van der Waals surface area contributed by atoms with Crippen LogP contribution >= 0.6 is 0 Å².